The number of carbonyl (C=O) groups excluding carboxylic acids is 1. The van der Waals surface area contributed by atoms with Crippen molar-refractivity contribution in [3.8, 4) is 5.75 Å². The number of hydrogen-bond acceptors (Lipinski definition) is 4. The van der Waals surface area contributed by atoms with Crippen LogP contribution < -0.4 is 4.74 Å². The molecule has 0 saturated carbocycles. The van der Waals surface area contributed by atoms with Crippen LogP contribution in [-0.4, -0.2) is 11.8 Å². The highest BCUT2D eigenvalue weighted by atomic mass is 79.9. The molecule has 1 heterocycles. The Kier molecular flexibility index (Phi) is 3.64. The van der Waals surface area contributed by atoms with Crippen molar-refractivity contribution in [2.24, 2.45) is 0 Å². The zero-order chi connectivity index (χ0) is 13.3. The van der Waals surface area contributed by atoms with Crippen molar-refractivity contribution in [1.82, 2.24) is 0 Å². The molecule has 0 aliphatic carbocycles. The SMILES string of the molecule is CC(C)(C)OC(=O)Oc1cc2sccc2cc1Br. The normalized spacial score (nSPS) is 11.6. The molecule has 0 bridgehead atoms. The van der Waals surface area contributed by atoms with E-state index in [2.05, 4.69) is 15.9 Å². The van der Waals surface area contributed by atoms with Crippen LogP contribution in [0.1, 0.15) is 20.8 Å². The smallest absolute Gasteiger partial charge is 0.428 e. The van der Waals surface area contributed by atoms with E-state index < -0.39 is 11.8 Å². The number of carbonyl (C=O) groups is 1. The first kappa shape index (κ1) is 13.4. The van der Waals surface area contributed by atoms with Crippen molar-refractivity contribution >= 4 is 43.5 Å². The Morgan fingerprint density at radius 2 is 2.06 bits per heavy atom. The van der Waals surface area contributed by atoms with Gasteiger partial charge in [-0.2, -0.15) is 0 Å². The van der Waals surface area contributed by atoms with Crippen molar-refractivity contribution in [3.05, 3.63) is 28.1 Å². The second-order valence-corrected chi connectivity index (χ2v) is 6.61. The number of rotatable bonds is 1. The quantitative estimate of drug-likeness (QED) is 0.547. The zero-order valence-electron chi connectivity index (χ0n) is 10.3. The third kappa shape index (κ3) is 3.23. The first-order chi connectivity index (χ1) is 8.35. The van der Waals surface area contributed by atoms with E-state index in [1.807, 2.05) is 23.6 Å². The summed E-state index contributed by atoms with van der Waals surface area (Å²) in [5.74, 6) is 0.471. The Hall–Kier alpha value is -1.07. The van der Waals surface area contributed by atoms with E-state index in [1.165, 1.54) is 0 Å². The molecule has 0 unspecified atom stereocenters. The fraction of sp³-hybridized carbons (Fsp3) is 0.308. The molecule has 96 valence electrons. The lowest BCUT2D eigenvalue weighted by Crippen LogP contribution is -2.26. The molecule has 3 nitrogen and oxygen atoms in total. The van der Waals surface area contributed by atoms with Crippen LogP contribution in [0.5, 0.6) is 5.75 Å². The maximum atomic E-state index is 11.6. The fourth-order valence-corrected chi connectivity index (χ4v) is 2.64. The fourth-order valence-electron chi connectivity index (χ4n) is 1.40. The van der Waals surface area contributed by atoms with E-state index in [1.54, 1.807) is 32.1 Å². The van der Waals surface area contributed by atoms with Gasteiger partial charge in [-0.3, -0.25) is 0 Å². The van der Waals surface area contributed by atoms with Crippen LogP contribution in [0, 0.1) is 0 Å². The molecular weight excluding hydrogens is 316 g/mol. The Morgan fingerprint density at radius 3 is 2.72 bits per heavy atom. The molecule has 5 heteroatoms. The number of ether oxygens (including phenoxy) is 2. The zero-order valence-corrected chi connectivity index (χ0v) is 12.7. The van der Waals surface area contributed by atoms with Crippen LogP contribution >= 0.6 is 27.3 Å². The Labute approximate surface area is 118 Å². The van der Waals surface area contributed by atoms with Crippen LogP contribution in [0.4, 0.5) is 4.79 Å². The Balaban J connectivity index is 2.20. The van der Waals surface area contributed by atoms with E-state index in [0.717, 1.165) is 14.6 Å². The summed E-state index contributed by atoms with van der Waals surface area (Å²) in [6.45, 7) is 5.39. The van der Waals surface area contributed by atoms with E-state index in [0.29, 0.717) is 5.75 Å². The topological polar surface area (TPSA) is 35.5 Å². The van der Waals surface area contributed by atoms with Crippen molar-refractivity contribution < 1.29 is 14.3 Å². The van der Waals surface area contributed by atoms with Gasteiger partial charge in [0.25, 0.3) is 0 Å². The molecule has 0 aliphatic heterocycles. The highest BCUT2D eigenvalue weighted by Gasteiger charge is 2.19. The van der Waals surface area contributed by atoms with Gasteiger partial charge in [0.05, 0.1) is 4.47 Å². The molecule has 0 N–H and O–H groups in total. The maximum absolute atomic E-state index is 11.6. The van der Waals surface area contributed by atoms with Crippen molar-refractivity contribution in [2.75, 3.05) is 0 Å². The Morgan fingerprint density at radius 1 is 1.33 bits per heavy atom. The number of thiophene rings is 1. The molecule has 0 fully saturated rings. The minimum Gasteiger partial charge on any atom is -0.428 e. The third-order valence-electron chi connectivity index (χ3n) is 2.09. The summed E-state index contributed by atoms with van der Waals surface area (Å²) >= 11 is 4.98. The highest BCUT2D eigenvalue weighted by Crippen LogP contribution is 2.33. The van der Waals surface area contributed by atoms with Gasteiger partial charge >= 0.3 is 6.16 Å². The lowest BCUT2D eigenvalue weighted by molar-refractivity contribution is 0.0205. The van der Waals surface area contributed by atoms with Crippen LogP contribution in [-0.2, 0) is 4.74 Å². The van der Waals surface area contributed by atoms with Crippen LogP contribution in [0.2, 0.25) is 0 Å². The van der Waals surface area contributed by atoms with Gasteiger partial charge in [0.2, 0.25) is 0 Å². The second-order valence-electron chi connectivity index (χ2n) is 4.81. The summed E-state index contributed by atoms with van der Waals surface area (Å²) < 4.78 is 12.1. The molecular formula is C13H13BrO3S. The largest absolute Gasteiger partial charge is 0.514 e. The summed E-state index contributed by atoms with van der Waals surface area (Å²) in [4.78, 5) is 11.6. The standard InChI is InChI=1S/C13H13BrO3S/c1-13(2,3)17-12(15)16-10-7-11-8(4-5-18-11)6-9(10)14/h4-7H,1-3H3. The summed E-state index contributed by atoms with van der Waals surface area (Å²) in [5.41, 5.74) is -0.559. The molecule has 1 aromatic heterocycles. The monoisotopic (exact) mass is 328 g/mol. The molecule has 18 heavy (non-hydrogen) atoms. The minimum atomic E-state index is -0.695. The summed E-state index contributed by atoms with van der Waals surface area (Å²) in [7, 11) is 0. The molecule has 2 rings (SSSR count). The molecule has 0 spiro atoms. The molecule has 0 radical (unpaired) electrons. The van der Waals surface area contributed by atoms with Gasteiger partial charge in [-0.15, -0.1) is 11.3 Å². The van der Waals surface area contributed by atoms with E-state index >= 15 is 0 Å². The lowest BCUT2D eigenvalue weighted by atomic mass is 10.2. The first-order valence-corrected chi connectivity index (χ1v) is 7.10. The number of hydrogen-bond donors (Lipinski definition) is 0. The molecule has 0 atom stereocenters. The van der Waals surface area contributed by atoms with Gasteiger partial charge in [-0.05, 0) is 59.6 Å². The number of halogens is 1. The third-order valence-corrected chi connectivity index (χ3v) is 3.59. The van der Waals surface area contributed by atoms with Gasteiger partial charge in [0, 0.05) is 10.8 Å². The average Bonchev–Trinajstić information content (AvgIpc) is 2.62. The van der Waals surface area contributed by atoms with Gasteiger partial charge in [0.1, 0.15) is 11.4 Å². The minimum absolute atomic E-state index is 0.471. The predicted octanol–water partition coefficient (Wildman–Crippen LogP) is 4.98. The van der Waals surface area contributed by atoms with Gasteiger partial charge in [0.15, 0.2) is 0 Å². The number of fused-ring (bicyclic) bond motifs is 1. The molecule has 0 amide bonds. The van der Waals surface area contributed by atoms with E-state index in [4.69, 9.17) is 9.47 Å². The number of benzene rings is 1. The molecule has 0 saturated heterocycles. The Bertz CT molecular complexity index is 583. The molecule has 2 aromatic rings. The average molecular weight is 329 g/mol. The van der Waals surface area contributed by atoms with Crippen LogP contribution in [0.25, 0.3) is 10.1 Å². The summed E-state index contributed by atoms with van der Waals surface area (Å²) in [6.07, 6.45) is -0.695. The van der Waals surface area contributed by atoms with E-state index in [9.17, 15) is 4.79 Å². The van der Waals surface area contributed by atoms with Crippen molar-refractivity contribution in [2.45, 2.75) is 26.4 Å². The maximum Gasteiger partial charge on any atom is 0.514 e. The first-order valence-electron chi connectivity index (χ1n) is 5.43. The highest BCUT2D eigenvalue weighted by molar-refractivity contribution is 9.10. The molecule has 0 aliphatic rings. The van der Waals surface area contributed by atoms with E-state index in [-0.39, 0.29) is 0 Å². The predicted molar refractivity (Wildman–Crippen MR) is 76.4 cm³/mol. The lowest BCUT2D eigenvalue weighted by Gasteiger charge is -2.18. The van der Waals surface area contributed by atoms with Crippen molar-refractivity contribution in [3.63, 3.8) is 0 Å². The summed E-state index contributed by atoms with van der Waals surface area (Å²) in [5, 5.41) is 3.11. The van der Waals surface area contributed by atoms with Crippen LogP contribution in [0.3, 0.4) is 0 Å². The van der Waals surface area contributed by atoms with Gasteiger partial charge in [-0.25, -0.2) is 4.79 Å². The van der Waals surface area contributed by atoms with Crippen LogP contribution in [0.15, 0.2) is 28.1 Å². The van der Waals surface area contributed by atoms with Crippen molar-refractivity contribution in [1.29, 1.82) is 0 Å². The molecule has 1 aromatic carbocycles. The second kappa shape index (κ2) is 4.90. The summed E-state index contributed by atoms with van der Waals surface area (Å²) in [6, 6.07) is 5.77. The van der Waals surface area contributed by atoms with Gasteiger partial charge < -0.3 is 9.47 Å². The van der Waals surface area contributed by atoms with Gasteiger partial charge in [-0.1, -0.05) is 0 Å².